The van der Waals surface area contributed by atoms with Crippen molar-refractivity contribution in [3.8, 4) is 0 Å². The number of aromatic nitrogens is 1. The van der Waals surface area contributed by atoms with Gasteiger partial charge >= 0.3 is 0 Å². The first-order valence-electron chi connectivity index (χ1n) is 21.4. The van der Waals surface area contributed by atoms with Crippen molar-refractivity contribution in [2.24, 2.45) is 41.9 Å². The van der Waals surface area contributed by atoms with E-state index in [0.717, 1.165) is 13.0 Å². The van der Waals surface area contributed by atoms with E-state index in [1.807, 2.05) is 0 Å². The van der Waals surface area contributed by atoms with Crippen LogP contribution in [0.15, 0.2) is 48.1 Å². The van der Waals surface area contributed by atoms with Crippen LogP contribution < -0.4 is 11.1 Å². The van der Waals surface area contributed by atoms with Gasteiger partial charge in [0.1, 0.15) is 0 Å². The zero-order valence-electron chi connectivity index (χ0n) is 37.2. The summed E-state index contributed by atoms with van der Waals surface area (Å²) in [5.74, 6) is 2.70. The molecule has 1 aromatic carbocycles. The number of rotatable bonds is 19. The summed E-state index contributed by atoms with van der Waals surface area (Å²) in [6, 6.07) is 7.01. The van der Waals surface area contributed by atoms with Crippen LogP contribution in [0.2, 0.25) is 0 Å². The molecular weight excluding hydrogens is 631 g/mol. The Morgan fingerprint density at radius 3 is 1.77 bits per heavy atom. The predicted octanol–water partition coefficient (Wildman–Crippen LogP) is 14.0. The van der Waals surface area contributed by atoms with Crippen LogP contribution in [0, 0.1) is 29.1 Å². The van der Waals surface area contributed by atoms with Gasteiger partial charge in [-0.1, -0.05) is 170 Å². The van der Waals surface area contributed by atoms with Crippen LogP contribution in [0.5, 0.6) is 0 Å². The molecule has 0 amide bonds. The number of nitrogens with one attached hydrogen (secondary N) is 1. The van der Waals surface area contributed by atoms with E-state index in [1.165, 1.54) is 129 Å². The lowest BCUT2D eigenvalue weighted by atomic mass is 9.79. The van der Waals surface area contributed by atoms with Crippen LogP contribution in [-0.4, -0.2) is 25.2 Å². The van der Waals surface area contributed by atoms with Gasteiger partial charge < -0.3 is 15.6 Å². The molecule has 3 nitrogen and oxygen atoms in total. The minimum absolute atomic E-state index is 0.197. The van der Waals surface area contributed by atoms with E-state index in [1.54, 1.807) is 5.57 Å². The van der Waals surface area contributed by atoms with E-state index in [4.69, 9.17) is 0 Å². The van der Waals surface area contributed by atoms with Crippen LogP contribution in [0.1, 0.15) is 176 Å². The second-order valence-electron chi connectivity index (χ2n) is 18.2. The van der Waals surface area contributed by atoms with E-state index in [0.29, 0.717) is 23.7 Å². The van der Waals surface area contributed by atoms with Gasteiger partial charge in [0.15, 0.2) is 0 Å². The van der Waals surface area contributed by atoms with Crippen LogP contribution in [0.25, 0.3) is 17.0 Å². The number of nitrogens with zero attached hydrogens (tertiary/aromatic N) is 1. The minimum atomic E-state index is 0.197. The van der Waals surface area contributed by atoms with Crippen molar-refractivity contribution >= 4 is 17.0 Å². The third kappa shape index (κ3) is 15.0. The molecule has 52 heavy (non-hydrogen) atoms. The molecule has 3 heteroatoms. The van der Waals surface area contributed by atoms with Gasteiger partial charge in [0.2, 0.25) is 0 Å². The first kappa shape index (κ1) is 47.9. The smallest absolute Gasteiger partial charge is 0.0486 e. The summed E-state index contributed by atoms with van der Waals surface area (Å²) in [4.78, 5) is 0. The second kappa shape index (κ2) is 23.6. The number of unbranched alkanes of at least 4 members (excludes halogenated alkanes) is 5. The summed E-state index contributed by atoms with van der Waals surface area (Å²) >= 11 is 0. The molecule has 0 radical (unpaired) electrons. The first-order valence-corrected chi connectivity index (χ1v) is 21.4. The summed E-state index contributed by atoms with van der Waals surface area (Å²) in [7, 11) is 5.78. The minimum Gasteiger partial charge on any atom is -0.347 e. The maximum Gasteiger partial charge on any atom is 0.0486 e. The predicted molar refractivity (Wildman–Crippen MR) is 237 cm³/mol. The summed E-state index contributed by atoms with van der Waals surface area (Å²) in [5, 5.41) is 4.79. The molecule has 1 aromatic heterocycles. The maximum absolute atomic E-state index is 4.50. The van der Waals surface area contributed by atoms with Crippen LogP contribution >= 0.6 is 0 Å². The van der Waals surface area contributed by atoms with Crippen LogP contribution in [0.4, 0.5) is 0 Å². The third-order valence-corrected chi connectivity index (χ3v) is 11.9. The fraction of sp³-hybridized carbons (Fsp3) is 0.714. The van der Waals surface area contributed by atoms with E-state index >= 15 is 0 Å². The van der Waals surface area contributed by atoms with Crippen LogP contribution in [-0.2, 0) is 18.9 Å². The van der Waals surface area contributed by atoms with Gasteiger partial charge in [0.25, 0.3) is 0 Å². The number of allylic oxidation sites excluding steroid dienone is 2. The lowest BCUT2D eigenvalue weighted by Gasteiger charge is -2.26. The zero-order chi connectivity index (χ0) is 39.6. The van der Waals surface area contributed by atoms with Gasteiger partial charge in [-0.2, -0.15) is 0 Å². The van der Waals surface area contributed by atoms with Gasteiger partial charge in [-0.15, -0.1) is 0 Å². The maximum atomic E-state index is 4.50. The molecule has 0 saturated carbocycles. The Morgan fingerprint density at radius 2 is 1.27 bits per heavy atom. The molecular formula is C49H87N3. The number of hydrogen-bond donors (Lipinski definition) is 2. The van der Waals surface area contributed by atoms with Crippen molar-refractivity contribution in [1.29, 1.82) is 0 Å². The Morgan fingerprint density at radius 1 is 0.750 bits per heavy atom. The molecule has 1 aliphatic rings. The number of benzene rings is 1. The molecule has 0 bridgehead atoms. The molecule has 0 fully saturated rings. The highest BCUT2D eigenvalue weighted by atomic mass is 14.9. The van der Waals surface area contributed by atoms with Gasteiger partial charge in [-0.3, -0.25) is 0 Å². The van der Waals surface area contributed by atoms with Crippen molar-refractivity contribution < 1.29 is 0 Å². The monoisotopic (exact) mass is 718 g/mol. The highest BCUT2D eigenvalue weighted by Crippen LogP contribution is 2.40. The van der Waals surface area contributed by atoms with Gasteiger partial charge in [-0.25, -0.2) is 0 Å². The van der Waals surface area contributed by atoms with E-state index < -0.39 is 0 Å². The summed E-state index contributed by atoms with van der Waals surface area (Å²) in [6.07, 6.45) is 20.7. The number of nitrogens with two attached hydrogens (primary N) is 1. The van der Waals surface area contributed by atoms with Crippen LogP contribution in [0.3, 0.4) is 0 Å². The molecule has 2 aromatic rings. The zero-order valence-corrected chi connectivity index (χ0v) is 37.2. The number of aryl methyl sites for hydroxylation is 1. The fourth-order valence-electron chi connectivity index (χ4n) is 7.87. The van der Waals surface area contributed by atoms with Crippen molar-refractivity contribution in [1.82, 2.24) is 9.88 Å². The Kier molecular flexibility index (Phi) is 21.8. The summed E-state index contributed by atoms with van der Waals surface area (Å²) < 4.78 is 2.40. The quantitative estimate of drug-likeness (QED) is 0.112. The SMILES string of the molecule is C=C(C(C)CCCC)C(C)CCCCCCC(C)C(=C)C(CCCC)CNC.CN.Cn1c2c(c3cc(C(C)(C)C)ccc31)C=C(C(C)(C)C)CC2. The Balaban J connectivity index is 0.000000506. The topological polar surface area (TPSA) is 43.0 Å². The molecule has 298 valence electrons. The van der Waals surface area contributed by atoms with E-state index in [9.17, 15) is 0 Å². The molecule has 0 saturated heterocycles. The van der Waals surface area contributed by atoms with Crippen molar-refractivity contribution in [2.45, 2.75) is 171 Å². The lowest BCUT2D eigenvalue weighted by molar-refractivity contribution is 0.430. The molecule has 4 atom stereocenters. The summed E-state index contributed by atoms with van der Waals surface area (Å²) in [6.45, 7) is 35.5. The Labute approximate surface area is 324 Å². The van der Waals surface area contributed by atoms with Crippen molar-refractivity contribution in [3.63, 3.8) is 0 Å². The molecule has 0 spiro atoms. The normalized spacial score (nSPS) is 15.3. The molecule has 4 unspecified atom stereocenters. The average Bonchev–Trinajstić information content (AvgIpc) is 3.40. The Hall–Kier alpha value is -2.10. The molecule has 1 heterocycles. The number of hydrogen-bond acceptors (Lipinski definition) is 2. The highest BCUT2D eigenvalue weighted by Gasteiger charge is 2.25. The van der Waals surface area contributed by atoms with Crippen molar-refractivity contribution in [3.05, 3.63) is 64.9 Å². The molecule has 0 aliphatic heterocycles. The second-order valence-corrected chi connectivity index (χ2v) is 18.2. The standard InChI is InChI=1S/C27H53N.C21H29N.CH5N/c1-9-11-17-22(3)25(6)23(4)18-15-13-14-16-19-24(5)26(7)27(21-28-8)20-12-10-2;1-20(2,3)14-8-10-18-16(12-14)17-13-15(21(4,5)6)9-11-19(17)22(18)7;1-2/h22-24,27-28H,6-7,9-21H2,1-5,8H3;8,10,12-13H,9,11H2,1-7H3;2H2,1H3. The van der Waals surface area contributed by atoms with E-state index in [2.05, 4.69) is 143 Å². The highest BCUT2D eigenvalue weighted by molar-refractivity contribution is 5.93. The third-order valence-electron chi connectivity index (χ3n) is 11.9. The first-order chi connectivity index (χ1) is 24.5. The largest absolute Gasteiger partial charge is 0.347 e. The molecule has 3 rings (SSSR count). The fourth-order valence-corrected chi connectivity index (χ4v) is 7.87. The van der Waals surface area contributed by atoms with Gasteiger partial charge in [0.05, 0.1) is 0 Å². The molecule has 1 aliphatic carbocycles. The lowest BCUT2D eigenvalue weighted by Crippen LogP contribution is -2.23. The average molecular weight is 718 g/mol. The number of fused-ring (bicyclic) bond motifs is 3. The molecule has 3 N–H and O–H groups in total. The Bertz CT molecular complexity index is 1360. The van der Waals surface area contributed by atoms with E-state index in [-0.39, 0.29) is 10.8 Å². The summed E-state index contributed by atoms with van der Waals surface area (Å²) in [5.41, 5.74) is 15.2. The van der Waals surface area contributed by atoms with Gasteiger partial charge in [0, 0.05) is 35.8 Å². The van der Waals surface area contributed by atoms with Gasteiger partial charge in [-0.05, 0) is 105 Å². The van der Waals surface area contributed by atoms with Crippen molar-refractivity contribution in [2.75, 3.05) is 20.6 Å².